The maximum absolute atomic E-state index is 11.8. The zero-order valence-corrected chi connectivity index (χ0v) is 29.8. The van der Waals surface area contributed by atoms with Gasteiger partial charge < -0.3 is 35.1 Å². The molecule has 1 amide bonds. The molecule has 12 heteroatoms. The van der Waals surface area contributed by atoms with E-state index in [9.17, 15) is 24.6 Å². The number of fused-ring (bicyclic) bond motifs is 6. The average molecular weight is 699 g/mol. The summed E-state index contributed by atoms with van der Waals surface area (Å²) in [6.45, 7) is 6.32. The number of ether oxygens (including phenoxy) is 1. The molecule has 2 aromatic heterocycles. The van der Waals surface area contributed by atoms with E-state index in [0.717, 1.165) is 66.3 Å². The average Bonchev–Trinajstić information content (AvgIpc) is 3.71. The van der Waals surface area contributed by atoms with Gasteiger partial charge in [0.2, 0.25) is 0 Å². The third-order valence-electron chi connectivity index (χ3n) is 9.40. The Bertz CT molecular complexity index is 1820. The van der Waals surface area contributed by atoms with E-state index < -0.39 is 35.5 Å². The molecular weight excluding hydrogens is 648 g/mol. The summed E-state index contributed by atoms with van der Waals surface area (Å²) >= 11 is 0. The van der Waals surface area contributed by atoms with Crippen molar-refractivity contribution < 1.29 is 29.3 Å². The van der Waals surface area contributed by atoms with Crippen LogP contribution in [-0.4, -0.2) is 66.0 Å². The first kappa shape index (κ1) is 37.3. The second-order valence-electron chi connectivity index (χ2n) is 14.3. The highest BCUT2D eigenvalue weighted by molar-refractivity contribution is 5.71. The monoisotopic (exact) mass is 698 g/mol. The van der Waals surface area contributed by atoms with E-state index in [1.165, 1.54) is 11.1 Å². The topological polar surface area (TPSA) is 175 Å². The number of nitrogens with zero attached hydrogens (tertiary/aromatic N) is 4. The Morgan fingerprint density at radius 3 is 1.71 bits per heavy atom. The number of hydrogen-bond donors (Lipinski definition) is 4. The number of hydrogen-bond acceptors (Lipinski definition) is 7. The molecule has 2 aromatic carbocycles. The van der Waals surface area contributed by atoms with Crippen molar-refractivity contribution in [1.29, 1.82) is 0 Å². The smallest absolute Gasteiger partial charge is 0.407 e. The van der Waals surface area contributed by atoms with Crippen LogP contribution in [0.25, 0.3) is 11.4 Å². The van der Waals surface area contributed by atoms with Crippen LogP contribution in [0.15, 0.2) is 61.2 Å². The molecule has 0 unspecified atom stereocenters. The number of aliphatic carboxylic acids is 2. The van der Waals surface area contributed by atoms with Gasteiger partial charge in [-0.3, -0.25) is 9.59 Å². The van der Waals surface area contributed by atoms with Gasteiger partial charge in [0.05, 0.1) is 35.9 Å². The molecule has 0 bridgehead atoms. The lowest BCUT2D eigenvalue weighted by atomic mass is 9.94. The lowest BCUT2D eigenvalue weighted by Gasteiger charge is -2.20. The van der Waals surface area contributed by atoms with E-state index in [1.807, 2.05) is 24.5 Å². The van der Waals surface area contributed by atoms with E-state index in [0.29, 0.717) is 45.2 Å². The molecule has 4 aromatic rings. The van der Waals surface area contributed by atoms with Crippen molar-refractivity contribution in [3.8, 4) is 11.4 Å². The zero-order valence-electron chi connectivity index (χ0n) is 29.8. The summed E-state index contributed by atoms with van der Waals surface area (Å²) in [6.07, 6.45) is 10.1. The van der Waals surface area contributed by atoms with Crippen LogP contribution >= 0.6 is 0 Å². The molecule has 0 fully saturated rings. The van der Waals surface area contributed by atoms with Crippen LogP contribution in [0.1, 0.15) is 80.4 Å². The van der Waals surface area contributed by atoms with E-state index in [4.69, 9.17) is 10.5 Å². The number of alkyl carbamates (subject to hydrolysis) is 1. The Kier molecular flexibility index (Phi) is 12.3. The summed E-state index contributed by atoms with van der Waals surface area (Å²) in [7, 11) is 0. The van der Waals surface area contributed by atoms with Crippen molar-refractivity contribution in [3.05, 3.63) is 95.1 Å². The fraction of sp³-hybridized carbons (Fsp3) is 0.462. The Morgan fingerprint density at radius 1 is 0.784 bits per heavy atom. The van der Waals surface area contributed by atoms with Crippen LogP contribution in [-0.2, 0) is 52.9 Å². The molecule has 0 saturated heterocycles. The lowest BCUT2D eigenvalue weighted by Crippen LogP contribution is -2.33. The van der Waals surface area contributed by atoms with Crippen molar-refractivity contribution >= 4 is 18.0 Å². The van der Waals surface area contributed by atoms with Crippen molar-refractivity contribution in [2.75, 3.05) is 13.1 Å². The summed E-state index contributed by atoms with van der Waals surface area (Å²) in [5.41, 5.74) is 13.9. The molecule has 5 N–H and O–H groups in total. The number of benzene rings is 2. The van der Waals surface area contributed by atoms with Crippen LogP contribution in [0.3, 0.4) is 0 Å². The molecule has 272 valence electrons. The fourth-order valence-electron chi connectivity index (χ4n) is 6.84. The number of nitrogens with two attached hydrogens (primary N) is 1. The van der Waals surface area contributed by atoms with Crippen molar-refractivity contribution in [1.82, 2.24) is 24.4 Å². The number of rotatable bonds is 13. The number of para-hydroxylation sites is 2. The number of nitrogens with one attached hydrogen (secondary N) is 1. The van der Waals surface area contributed by atoms with Crippen LogP contribution in [0, 0.1) is 11.8 Å². The lowest BCUT2D eigenvalue weighted by molar-refractivity contribution is -0.143. The minimum absolute atomic E-state index is 0.382. The van der Waals surface area contributed by atoms with Gasteiger partial charge in [0, 0.05) is 42.1 Å². The summed E-state index contributed by atoms with van der Waals surface area (Å²) in [5.74, 6) is -2.53. The highest BCUT2D eigenvalue weighted by Gasteiger charge is 2.26. The van der Waals surface area contributed by atoms with E-state index in [1.54, 1.807) is 27.1 Å². The number of carbonyl (C=O) groups excluding carboxylic acids is 1. The predicted octanol–water partition coefficient (Wildman–Crippen LogP) is 5.47. The Morgan fingerprint density at radius 2 is 1.25 bits per heavy atom. The quantitative estimate of drug-likeness (QED) is 0.132. The minimum atomic E-state index is -0.833. The van der Waals surface area contributed by atoms with Gasteiger partial charge in [-0.25, -0.2) is 14.8 Å². The molecule has 51 heavy (non-hydrogen) atoms. The Labute approximate surface area is 299 Å². The zero-order chi connectivity index (χ0) is 36.5. The first-order chi connectivity index (χ1) is 24.4. The number of carboxylic acid groups (broad SMARTS) is 2. The van der Waals surface area contributed by atoms with Crippen LogP contribution < -0.4 is 11.1 Å². The number of carbonyl (C=O) groups is 3. The summed E-state index contributed by atoms with van der Waals surface area (Å²) in [5, 5.41) is 21.7. The third-order valence-corrected chi connectivity index (χ3v) is 9.40. The summed E-state index contributed by atoms with van der Waals surface area (Å²) in [4.78, 5) is 43.9. The predicted molar refractivity (Wildman–Crippen MR) is 193 cm³/mol. The second kappa shape index (κ2) is 16.8. The Hall–Kier alpha value is -4.97. The van der Waals surface area contributed by atoms with Crippen molar-refractivity contribution in [2.24, 2.45) is 17.6 Å². The molecule has 2 aliphatic rings. The van der Waals surface area contributed by atoms with Gasteiger partial charge in [0.25, 0.3) is 0 Å². The van der Waals surface area contributed by atoms with Gasteiger partial charge in [-0.05, 0) is 102 Å². The maximum atomic E-state index is 11.8. The standard InChI is InChI=1S/C22H29N3O4.C17H21N3O2/c1-22(2,3)29-21(28)23-12-6-8-16(20(26)27)13-17-19-11-10-15-7-4-5-9-18(15)25(19)14-24-17;18-9-3-5-13(17(21)22)10-14-16-8-7-12-4-1-2-6-15(12)20(16)11-19-14/h4-5,7,9,14,16H,6,8,10-13H2,1-3H3,(H,23,28)(H,26,27);1-2,4,6,11,13H,3,5,7-10,18H2,(H,21,22)/t16-;13-/m11/s1. The minimum Gasteiger partial charge on any atom is -0.481 e. The first-order valence-electron chi connectivity index (χ1n) is 17.8. The largest absolute Gasteiger partial charge is 0.481 e. The number of imidazole rings is 2. The van der Waals surface area contributed by atoms with Crippen LogP contribution in [0.5, 0.6) is 0 Å². The SMILES string of the molecule is CC(C)(C)OC(=O)NCCC[C@H](Cc1ncn2c1CCc1ccccc1-2)C(=O)O.NCCC[C@H](Cc1ncn2c1CCc1ccccc1-2)C(=O)O. The van der Waals surface area contributed by atoms with Crippen molar-refractivity contribution in [2.45, 2.75) is 90.6 Å². The van der Waals surface area contributed by atoms with Gasteiger partial charge in [-0.2, -0.15) is 0 Å². The summed E-state index contributed by atoms with van der Waals surface area (Å²) in [6, 6.07) is 16.5. The van der Waals surface area contributed by atoms with Gasteiger partial charge in [0.15, 0.2) is 0 Å². The molecule has 4 heterocycles. The van der Waals surface area contributed by atoms with E-state index in [-0.39, 0.29) is 0 Å². The third kappa shape index (κ3) is 9.63. The number of carboxylic acids is 2. The second-order valence-corrected chi connectivity index (χ2v) is 14.3. The molecule has 0 saturated carbocycles. The van der Waals surface area contributed by atoms with Crippen LogP contribution in [0.4, 0.5) is 4.79 Å². The number of aromatic nitrogens is 4. The molecule has 2 atom stereocenters. The summed E-state index contributed by atoms with van der Waals surface area (Å²) < 4.78 is 9.38. The molecule has 0 aliphatic carbocycles. The normalized spacial score (nSPS) is 14.0. The highest BCUT2D eigenvalue weighted by atomic mass is 16.6. The van der Waals surface area contributed by atoms with Gasteiger partial charge >= 0.3 is 18.0 Å². The molecule has 0 radical (unpaired) electrons. The molecule has 6 rings (SSSR count). The maximum Gasteiger partial charge on any atom is 0.407 e. The molecule has 2 aliphatic heterocycles. The van der Waals surface area contributed by atoms with Crippen molar-refractivity contribution in [3.63, 3.8) is 0 Å². The van der Waals surface area contributed by atoms with E-state index in [2.05, 4.69) is 54.8 Å². The number of aryl methyl sites for hydroxylation is 2. The van der Waals surface area contributed by atoms with Gasteiger partial charge in [0.1, 0.15) is 5.60 Å². The van der Waals surface area contributed by atoms with Crippen LogP contribution in [0.2, 0.25) is 0 Å². The Balaban J connectivity index is 0.000000205. The highest BCUT2D eigenvalue weighted by Crippen LogP contribution is 2.29. The van der Waals surface area contributed by atoms with E-state index >= 15 is 0 Å². The molecule has 12 nitrogen and oxygen atoms in total. The fourth-order valence-corrected chi connectivity index (χ4v) is 6.84. The first-order valence-corrected chi connectivity index (χ1v) is 17.8. The molecule has 0 spiro atoms. The number of amides is 1. The van der Waals surface area contributed by atoms with Gasteiger partial charge in [-0.1, -0.05) is 36.4 Å². The molecular formula is C39H50N6O6. The van der Waals surface area contributed by atoms with Gasteiger partial charge in [-0.15, -0.1) is 0 Å².